The van der Waals surface area contributed by atoms with Crippen molar-refractivity contribution < 1.29 is 9.53 Å². The number of hydrogen-bond donors (Lipinski definition) is 8. The van der Waals surface area contributed by atoms with E-state index in [0.717, 1.165) is 105 Å². The number of ether oxygens (including phenoxy) is 1. The maximum Gasteiger partial charge on any atom is 0.315 e. The Balaban J connectivity index is 0.000000211. The highest BCUT2D eigenvalue weighted by molar-refractivity contribution is 8.00. The van der Waals surface area contributed by atoms with Gasteiger partial charge >= 0.3 is 6.03 Å². The molecule has 0 aliphatic carbocycles. The van der Waals surface area contributed by atoms with E-state index >= 15 is 0 Å². The molecule has 3 fully saturated rings. The van der Waals surface area contributed by atoms with Crippen LogP contribution in [0.2, 0.25) is 0 Å². The predicted molar refractivity (Wildman–Crippen MR) is 304 cm³/mol. The Hall–Kier alpha value is -5.85. The highest BCUT2D eigenvalue weighted by Crippen LogP contribution is 2.41. The lowest BCUT2D eigenvalue weighted by Crippen LogP contribution is -2.39. The summed E-state index contributed by atoms with van der Waals surface area (Å²) < 4.78 is 5.99. The summed E-state index contributed by atoms with van der Waals surface area (Å²) in [6.07, 6.45) is 4.47. The maximum absolute atomic E-state index is 11.5. The number of fused-ring (bicyclic) bond motifs is 2. The van der Waals surface area contributed by atoms with Gasteiger partial charge in [0.05, 0.1) is 18.7 Å². The van der Waals surface area contributed by atoms with Crippen molar-refractivity contribution >= 4 is 79.5 Å². The predicted octanol–water partition coefficient (Wildman–Crippen LogP) is 13.4. The fourth-order valence-corrected chi connectivity index (χ4v) is 11.7. The minimum absolute atomic E-state index is 0.00728. The van der Waals surface area contributed by atoms with E-state index in [9.17, 15) is 4.79 Å². The van der Waals surface area contributed by atoms with Crippen LogP contribution in [0.1, 0.15) is 91.4 Å². The molecule has 4 unspecified atom stereocenters. The molecule has 4 heterocycles. The Morgan fingerprint density at radius 3 is 1.90 bits per heavy atom. The summed E-state index contributed by atoms with van der Waals surface area (Å²) in [5, 5.41) is 21.5. The van der Waals surface area contributed by atoms with Crippen molar-refractivity contribution in [1.29, 1.82) is 0 Å². The number of nitrogen functional groups attached to an aromatic ring is 3. The molecule has 0 radical (unpaired) electrons. The molecule has 11 N–H and O–H groups in total. The SMILES string of the molecule is C=C(C)NC1CSCC1(C)C.CC.CC.Cc1ccccc1.Nc1ccc(N)c2ccccc12.Nc1ccc2c3c(cccc13)NC(c1ccc(OCCCCC[C@H]3SCC4NC(=O)NC43)cc1)N2. The zero-order chi connectivity index (χ0) is 49.9. The summed E-state index contributed by atoms with van der Waals surface area (Å²) in [5.74, 6) is 4.40. The molecule has 2 amide bonds. The first-order valence-electron chi connectivity index (χ1n) is 24.7. The quantitative estimate of drug-likeness (QED) is 0.0376. The average molecular weight is 971 g/mol. The average Bonchev–Trinajstić information content (AvgIpc) is 4.04. The molecule has 3 saturated heterocycles. The number of carbonyl (C=O) groups is 1. The van der Waals surface area contributed by atoms with Crippen molar-refractivity contribution in [3.63, 3.8) is 0 Å². The number of anilines is 5. The largest absolute Gasteiger partial charge is 0.494 e. The zero-order valence-electron chi connectivity index (χ0n) is 42.2. The van der Waals surface area contributed by atoms with Gasteiger partial charge in [0.25, 0.3) is 0 Å². The van der Waals surface area contributed by atoms with E-state index in [0.29, 0.717) is 28.8 Å². The third-order valence-corrected chi connectivity index (χ3v) is 15.3. The molecule has 0 bridgehead atoms. The van der Waals surface area contributed by atoms with Crippen LogP contribution in [0.25, 0.3) is 21.5 Å². The second-order valence-corrected chi connectivity index (χ2v) is 20.3. The number of amides is 2. The molecule has 69 heavy (non-hydrogen) atoms. The van der Waals surface area contributed by atoms with Crippen LogP contribution < -0.4 is 48.5 Å². The number of benzene rings is 6. The fourth-order valence-electron chi connectivity index (χ4n) is 8.58. The number of urea groups is 1. The van der Waals surface area contributed by atoms with E-state index in [1.54, 1.807) is 0 Å². The molecule has 4 aliphatic rings. The summed E-state index contributed by atoms with van der Waals surface area (Å²) in [5.41, 5.74) is 26.2. The van der Waals surface area contributed by atoms with Crippen molar-refractivity contribution in [2.45, 2.75) is 111 Å². The molecular formula is C57H78N8O2S2. The first-order valence-corrected chi connectivity index (χ1v) is 26.9. The first-order chi connectivity index (χ1) is 33.4. The number of aryl methyl sites for hydroxylation is 1. The van der Waals surface area contributed by atoms with E-state index in [-0.39, 0.29) is 12.2 Å². The van der Waals surface area contributed by atoms with Crippen molar-refractivity contribution in [1.82, 2.24) is 16.0 Å². The topological polar surface area (TPSA) is 165 Å². The molecular weight excluding hydrogens is 893 g/mol. The van der Waals surface area contributed by atoms with Gasteiger partial charge in [-0.25, -0.2) is 4.79 Å². The second-order valence-electron chi connectivity index (χ2n) is 18.0. The summed E-state index contributed by atoms with van der Waals surface area (Å²) in [4.78, 5) is 11.5. The van der Waals surface area contributed by atoms with Crippen LogP contribution in [0.4, 0.5) is 33.2 Å². The van der Waals surface area contributed by atoms with Crippen LogP contribution in [0.3, 0.4) is 0 Å². The molecule has 10 rings (SSSR count). The number of hydrogen-bond acceptors (Lipinski definition) is 10. The molecule has 5 atom stereocenters. The molecule has 0 spiro atoms. The van der Waals surface area contributed by atoms with Gasteiger partial charge in [-0.3, -0.25) is 0 Å². The summed E-state index contributed by atoms with van der Waals surface area (Å²) in [6.45, 7) is 21.3. The lowest BCUT2D eigenvalue weighted by Gasteiger charge is -2.30. The lowest BCUT2D eigenvalue weighted by molar-refractivity contribution is 0.247. The van der Waals surface area contributed by atoms with Crippen molar-refractivity contribution in [2.75, 3.05) is 51.7 Å². The van der Waals surface area contributed by atoms with Gasteiger partial charge in [-0.1, -0.05) is 145 Å². The Morgan fingerprint density at radius 1 is 0.710 bits per heavy atom. The highest BCUT2D eigenvalue weighted by Gasteiger charge is 2.42. The number of allylic oxidation sites excluding steroid dienone is 1. The van der Waals surface area contributed by atoms with Crippen molar-refractivity contribution in [3.05, 3.63) is 145 Å². The smallest absolute Gasteiger partial charge is 0.315 e. The van der Waals surface area contributed by atoms with E-state index in [1.165, 1.54) is 17.1 Å². The number of nitrogens with two attached hydrogens (primary N) is 3. The molecule has 0 saturated carbocycles. The monoisotopic (exact) mass is 971 g/mol. The van der Waals surface area contributed by atoms with E-state index in [1.807, 2.05) is 137 Å². The van der Waals surface area contributed by atoms with Crippen LogP contribution in [0.15, 0.2) is 134 Å². The van der Waals surface area contributed by atoms with E-state index in [4.69, 9.17) is 21.9 Å². The van der Waals surface area contributed by atoms with Gasteiger partial charge in [-0.15, -0.1) is 0 Å². The van der Waals surface area contributed by atoms with Gasteiger partial charge in [-0.2, -0.15) is 23.5 Å². The van der Waals surface area contributed by atoms with Crippen LogP contribution in [-0.2, 0) is 0 Å². The molecule has 0 aromatic heterocycles. The normalized spacial score (nSPS) is 19.7. The van der Waals surface area contributed by atoms with E-state index < -0.39 is 0 Å². The Kier molecular flexibility index (Phi) is 21.0. The van der Waals surface area contributed by atoms with Gasteiger partial charge in [0, 0.05) is 84.2 Å². The number of unbranched alkanes of at least 4 members (excludes halogenated alkanes) is 2. The Labute approximate surface area is 421 Å². The second kappa shape index (κ2) is 26.8. The van der Waals surface area contributed by atoms with Crippen LogP contribution >= 0.6 is 23.5 Å². The third-order valence-electron chi connectivity index (χ3n) is 12.3. The van der Waals surface area contributed by atoms with Gasteiger partial charge < -0.3 is 48.5 Å². The van der Waals surface area contributed by atoms with Crippen molar-refractivity contribution in [3.8, 4) is 5.75 Å². The van der Waals surface area contributed by atoms with Gasteiger partial charge in [0.15, 0.2) is 0 Å². The summed E-state index contributed by atoms with van der Waals surface area (Å²) in [6, 6.07) is 41.5. The molecule has 6 aromatic carbocycles. The molecule has 12 heteroatoms. The number of carbonyl (C=O) groups excluding carboxylic acids is 1. The minimum Gasteiger partial charge on any atom is -0.494 e. The molecule has 370 valence electrons. The molecule has 4 aliphatic heterocycles. The molecule has 6 aromatic rings. The van der Waals surface area contributed by atoms with Crippen LogP contribution in [0.5, 0.6) is 5.75 Å². The Morgan fingerprint density at radius 2 is 1.30 bits per heavy atom. The van der Waals surface area contributed by atoms with Crippen LogP contribution in [0, 0.1) is 12.3 Å². The highest BCUT2D eigenvalue weighted by atomic mass is 32.2. The minimum atomic E-state index is -0.0151. The van der Waals surface area contributed by atoms with Gasteiger partial charge in [-0.05, 0) is 80.1 Å². The van der Waals surface area contributed by atoms with Gasteiger partial charge in [0.2, 0.25) is 0 Å². The third kappa shape index (κ3) is 15.1. The summed E-state index contributed by atoms with van der Waals surface area (Å²) in [7, 11) is 0. The maximum atomic E-state index is 11.5. The standard InChI is InChI=1S/C27H31N5O2S.C10H10N2.C9H17NS.C7H8.2C2H6/c28-19-12-13-21-24-18(19)5-4-6-20(24)29-26(30-21)16-8-10-17(11-9-16)34-14-3-1-2-7-23-25-22(15-35-23)31-27(33)32-25;11-9-5-6-10(12)8-4-2-1-3-7(8)9;1-7(2)10-8-5-11-6-9(8,3)4;1-7-5-3-2-4-6-7;2*1-2/h4-6,8-13,22-23,25-26,29-30H,1-3,7,14-15,28H2,(H2,31,32,33);1-6H,11-12H2;8,10H,1,5-6H2,2-4H3;2-6H,1H3;2*1-2H3/t22?,23-,25?,26?;;;;;/m1...../s1. The van der Waals surface area contributed by atoms with Gasteiger partial charge in [0.1, 0.15) is 11.9 Å². The number of rotatable bonds is 10. The number of nitrogens with one attached hydrogen (secondary N) is 5. The zero-order valence-corrected chi connectivity index (χ0v) is 43.8. The number of thioether (sulfide) groups is 2. The lowest BCUT2D eigenvalue weighted by atomic mass is 9.88. The molecule has 10 nitrogen and oxygen atoms in total. The van der Waals surface area contributed by atoms with E-state index in [2.05, 4.69) is 96.4 Å². The van der Waals surface area contributed by atoms with Crippen LogP contribution in [-0.4, -0.2) is 53.3 Å². The fraction of sp³-hybridized carbons (Fsp3) is 0.386. The first kappa shape index (κ1) is 54.1. The Bertz CT molecular complexity index is 2480. The summed E-state index contributed by atoms with van der Waals surface area (Å²) >= 11 is 4.01. The van der Waals surface area contributed by atoms with Crippen molar-refractivity contribution in [2.24, 2.45) is 5.41 Å².